The molecule has 3 aliphatic rings. The van der Waals surface area contributed by atoms with Crippen molar-refractivity contribution >= 4 is 15.8 Å². The summed E-state index contributed by atoms with van der Waals surface area (Å²) in [4.78, 5) is 18.9. The number of cyclic esters (lactones) is 1. The summed E-state index contributed by atoms with van der Waals surface area (Å²) >= 11 is 0. The molecule has 18 nitrogen and oxygen atoms in total. The van der Waals surface area contributed by atoms with Crippen LogP contribution in [0.1, 0.15) is 125 Å². The van der Waals surface area contributed by atoms with Crippen LogP contribution in [0, 0.1) is 23.7 Å². The van der Waals surface area contributed by atoms with E-state index in [2.05, 4.69) is 27.0 Å². The Labute approximate surface area is 428 Å². The second kappa shape index (κ2) is 25.4. The van der Waals surface area contributed by atoms with E-state index in [9.17, 15) is 32.9 Å². The first-order chi connectivity index (χ1) is 33.7. The summed E-state index contributed by atoms with van der Waals surface area (Å²) in [5, 5.41) is 44.2. The summed E-state index contributed by atoms with van der Waals surface area (Å²) in [6.45, 7) is 19.1. The fraction of sp³-hybridized carbons (Fsp3) is 0.827. The zero-order valence-corrected chi connectivity index (χ0v) is 46.3. The van der Waals surface area contributed by atoms with Gasteiger partial charge in [-0.05, 0) is 98.5 Å². The van der Waals surface area contributed by atoms with Gasteiger partial charge in [-0.1, -0.05) is 45.0 Å². The molecular weight excluding hydrogens is 954 g/mol. The zero-order valence-electron chi connectivity index (χ0n) is 45.5. The highest BCUT2D eigenvalue weighted by Crippen LogP contribution is 2.40. The van der Waals surface area contributed by atoms with E-state index in [1.165, 1.54) is 31.0 Å². The molecule has 5 rings (SSSR count). The van der Waals surface area contributed by atoms with Crippen LogP contribution < -0.4 is 0 Å². The Bertz CT molecular complexity index is 2120. The topological polar surface area (TPSA) is 214 Å². The molecule has 20 heteroatoms. The molecule has 1 aromatic carbocycles. The summed E-state index contributed by atoms with van der Waals surface area (Å²) < 4.78 is 84.9. The number of carbonyl (C=O) groups is 1. The SMILES string of the molecule is CC[C@H]1OC(=O)[C@H](C)[C@@H](O[C@H]2C[C@@](C)(OC)[C@@H](O)[C@H](C)O2)[C@H](C)[C@@H](O[C@H]2C[C@@H](N(C)CCc3cn([C@H](CF)[C@H](OC)c4ccc(S(C)(=O)=O)cc4)nn3)C[C@@H](C)O2)[C@](C)(O)C[C@@H](C)CN(C)[C@H](C)[C@@H](O)[C@H]1C. The molecule has 0 radical (unpaired) electrons. The van der Waals surface area contributed by atoms with Gasteiger partial charge in [-0.15, -0.1) is 5.10 Å². The number of sulfone groups is 1. The minimum Gasteiger partial charge on any atom is -0.462 e. The number of esters is 1. The van der Waals surface area contributed by atoms with Gasteiger partial charge in [0.2, 0.25) is 0 Å². The molecule has 3 N–H and O–H groups in total. The molecule has 2 aromatic rings. The molecule has 4 heterocycles. The van der Waals surface area contributed by atoms with Crippen molar-refractivity contribution in [2.24, 2.45) is 23.7 Å². The van der Waals surface area contributed by atoms with Crippen LogP contribution in [0.15, 0.2) is 35.4 Å². The minimum absolute atomic E-state index is 0.0210. The Balaban J connectivity index is 1.40. The number of aliphatic hydroxyl groups excluding tert-OH is 2. The predicted octanol–water partition coefficient (Wildman–Crippen LogP) is 5.32. The van der Waals surface area contributed by atoms with E-state index in [0.717, 1.165) is 6.26 Å². The van der Waals surface area contributed by atoms with E-state index >= 15 is 0 Å². The molecule has 412 valence electrons. The molecule has 0 spiro atoms. The second-order valence-electron chi connectivity index (χ2n) is 22.0. The van der Waals surface area contributed by atoms with Crippen molar-refractivity contribution in [1.29, 1.82) is 0 Å². The molecule has 0 saturated carbocycles. The summed E-state index contributed by atoms with van der Waals surface area (Å²) in [6.07, 6.45) is -2.15. The largest absolute Gasteiger partial charge is 0.462 e. The van der Waals surface area contributed by atoms with Gasteiger partial charge in [-0.3, -0.25) is 4.79 Å². The number of halogens is 1. The highest BCUT2D eigenvalue weighted by atomic mass is 32.2. The molecule has 72 heavy (non-hydrogen) atoms. The minimum atomic E-state index is -3.41. The quantitative estimate of drug-likeness (QED) is 0.182. The van der Waals surface area contributed by atoms with E-state index in [-0.39, 0.29) is 41.3 Å². The van der Waals surface area contributed by atoms with Crippen molar-refractivity contribution in [1.82, 2.24) is 24.8 Å². The Morgan fingerprint density at radius 1 is 0.972 bits per heavy atom. The summed E-state index contributed by atoms with van der Waals surface area (Å²) in [5.74, 6) is -2.56. The van der Waals surface area contributed by atoms with Crippen LogP contribution in [0.5, 0.6) is 0 Å². The third-order valence-electron chi connectivity index (χ3n) is 16.0. The lowest BCUT2D eigenvalue weighted by Gasteiger charge is -2.48. The molecule has 3 aliphatic heterocycles. The monoisotopic (exact) mass is 1040 g/mol. The molecule has 3 saturated heterocycles. The Morgan fingerprint density at radius 2 is 1.64 bits per heavy atom. The molecule has 0 aliphatic carbocycles. The molecule has 0 bridgehead atoms. The van der Waals surface area contributed by atoms with Crippen molar-refractivity contribution in [2.75, 3.05) is 54.3 Å². The van der Waals surface area contributed by atoms with Gasteiger partial charge in [0.15, 0.2) is 22.4 Å². The Morgan fingerprint density at radius 3 is 2.24 bits per heavy atom. The lowest BCUT2D eigenvalue weighted by Crippen LogP contribution is -2.59. The first-order valence-corrected chi connectivity index (χ1v) is 27.7. The Kier molecular flexibility index (Phi) is 21.2. The highest BCUT2D eigenvalue weighted by Gasteiger charge is 2.51. The number of aliphatic hydroxyl groups is 3. The molecule has 0 unspecified atom stereocenters. The maximum absolute atomic E-state index is 14.7. The molecule has 3 fully saturated rings. The average Bonchev–Trinajstić information content (AvgIpc) is 3.80. The number of hydrogen-bond donors (Lipinski definition) is 3. The maximum atomic E-state index is 14.7. The van der Waals surface area contributed by atoms with Gasteiger partial charge in [-0.2, -0.15) is 0 Å². The van der Waals surface area contributed by atoms with Crippen LogP contribution in [-0.4, -0.2) is 187 Å². The molecule has 19 atom stereocenters. The Hall–Kier alpha value is -2.73. The maximum Gasteiger partial charge on any atom is 0.311 e. The molecule has 1 aromatic heterocycles. The number of rotatable bonds is 16. The van der Waals surface area contributed by atoms with Gasteiger partial charge in [0.25, 0.3) is 0 Å². The highest BCUT2D eigenvalue weighted by molar-refractivity contribution is 7.90. The summed E-state index contributed by atoms with van der Waals surface area (Å²) in [7, 11) is 3.56. The number of benzene rings is 1. The number of carbonyl (C=O) groups excluding carboxylic acids is 1. The third-order valence-corrected chi connectivity index (χ3v) is 17.1. The predicted molar refractivity (Wildman–Crippen MR) is 268 cm³/mol. The van der Waals surface area contributed by atoms with Gasteiger partial charge in [0.1, 0.15) is 31.0 Å². The number of nitrogens with zero attached hydrogens (tertiary/aromatic N) is 5. The van der Waals surface area contributed by atoms with Crippen molar-refractivity contribution in [3.63, 3.8) is 0 Å². The summed E-state index contributed by atoms with van der Waals surface area (Å²) in [6, 6.07) is 5.04. The van der Waals surface area contributed by atoms with Gasteiger partial charge in [-0.25, -0.2) is 17.5 Å². The lowest BCUT2D eigenvalue weighted by molar-refractivity contribution is -0.308. The summed E-state index contributed by atoms with van der Waals surface area (Å²) in [5.41, 5.74) is -1.27. The van der Waals surface area contributed by atoms with Crippen LogP contribution in [0.2, 0.25) is 0 Å². The van der Waals surface area contributed by atoms with E-state index in [4.69, 9.17) is 33.2 Å². The van der Waals surface area contributed by atoms with Crippen molar-refractivity contribution in [3.8, 4) is 0 Å². The van der Waals surface area contributed by atoms with Crippen LogP contribution in [0.3, 0.4) is 0 Å². The van der Waals surface area contributed by atoms with Crippen LogP contribution in [0.4, 0.5) is 4.39 Å². The number of ether oxygens (including phenoxy) is 7. The second-order valence-corrected chi connectivity index (χ2v) is 24.0. The average molecular weight is 1040 g/mol. The first kappa shape index (κ1) is 60.1. The van der Waals surface area contributed by atoms with Gasteiger partial charge >= 0.3 is 5.97 Å². The van der Waals surface area contributed by atoms with Crippen LogP contribution in [-0.2, 0) is 54.2 Å². The fourth-order valence-electron chi connectivity index (χ4n) is 11.3. The van der Waals surface area contributed by atoms with Crippen molar-refractivity contribution in [2.45, 2.75) is 203 Å². The van der Waals surface area contributed by atoms with Crippen molar-refractivity contribution in [3.05, 3.63) is 41.7 Å². The number of methoxy groups -OCH3 is 2. The van der Waals surface area contributed by atoms with E-state index < -0.39 is 107 Å². The van der Waals surface area contributed by atoms with Gasteiger partial charge in [0, 0.05) is 82.9 Å². The van der Waals surface area contributed by atoms with E-state index in [1.54, 1.807) is 46.0 Å². The molecule has 0 amide bonds. The van der Waals surface area contributed by atoms with E-state index in [1.807, 2.05) is 48.7 Å². The van der Waals surface area contributed by atoms with Crippen LogP contribution >= 0.6 is 0 Å². The first-order valence-electron chi connectivity index (χ1n) is 25.8. The fourth-order valence-corrected chi connectivity index (χ4v) is 12.0. The molecular formula is C52H88FN5O13S. The number of aromatic nitrogens is 3. The van der Waals surface area contributed by atoms with Gasteiger partial charge < -0.3 is 58.3 Å². The van der Waals surface area contributed by atoms with Crippen LogP contribution in [0.25, 0.3) is 0 Å². The standard InChI is InChI=1S/C52H88FN5O13S/c1-16-42-32(4)45(59)35(7)57(12)28-30(2)25-51(9,62)49(33(5)46(34(6)50(61)69-42)70-44-26-52(10,66-14)48(60)36(8)68-44)71-43-24-39(23-31(3)67-43)56(11)22-21-38-29-58(55-54-38)41(27-53)47(65-13)37-17-19-40(20-18-37)72(15,63)64/h17-20,29-36,39,41-49,59-60,62H,16,21-28H2,1-15H3/t30-,31-,32+,33+,34-,35-,36+,39+,41-,42-,43+,44+,45+,46+,47-,48+,49-,51-,52-/m1/s1. The number of alkyl halides is 1. The lowest BCUT2D eigenvalue weighted by atomic mass is 9.77. The van der Waals surface area contributed by atoms with E-state index in [0.29, 0.717) is 56.5 Å². The third kappa shape index (κ3) is 14.6. The van der Waals surface area contributed by atoms with Gasteiger partial charge in [0.05, 0.1) is 58.2 Å². The normalized spacial score (nSPS) is 38.2. The van der Waals surface area contributed by atoms with Crippen molar-refractivity contribution < 1.29 is 66.1 Å². The number of likely N-dealkylation sites (N-methyl/N-ethyl adjacent to an activating group) is 2. The smallest absolute Gasteiger partial charge is 0.311 e. The number of hydrogen-bond acceptors (Lipinski definition) is 17. The zero-order chi connectivity index (χ0) is 53.6.